The average Bonchev–Trinajstić information content (AvgIpc) is 3.07. The van der Waals surface area contributed by atoms with Gasteiger partial charge in [-0.25, -0.2) is 0 Å². The van der Waals surface area contributed by atoms with Crippen molar-refractivity contribution in [2.45, 2.75) is 13.8 Å². The molecule has 0 unspecified atom stereocenters. The molecule has 0 aliphatic carbocycles. The van der Waals surface area contributed by atoms with Crippen LogP contribution in [0.4, 0.5) is 11.4 Å². The average molecular weight is 625 g/mol. The van der Waals surface area contributed by atoms with E-state index in [1.54, 1.807) is 7.11 Å². The molecule has 7 heteroatoms. The summed E-state index contributed by atoms with van der Waals surface area (Å²) in [5, 5.41) is 11.0. The van der Waals surface area contributed by atoms with Gasteiger partial charge >= 0.3 is 132 Å². The van der Waals surface area contributed by atoms with Crippen LogP contribution in [0.1, 0.15) is 13.8 Å². The summed E-state index contributed by atoms with van der Waals surface area (Å²) >= 11 is 5.30. The molecular formula is C37H41N2O3PS. The van der Waals surface area contributed by atoms with Gasteiger partial charge in [-0.3, -0.25) is 0 Å². The second-order valence-electron chi connectivity index (χ2n) is 9.93. The van der Waals surface area contributed by atoms with E-state index in [4.69, 9.17) is 26.4 Å². The zero-order chi connectivity index (χ0) is 31.0. The van der Waals surface area contributed by atoms with Crippen LogP contribution in [-0.2, 0) is 4.74 Å². The summed E-state index contributed by atoms with van der Waals surface area (Å²) in [6, 6.07) is 47.8. The Labute approximate surface area is 267 Å². The Morgan fingerprint density at radius 3 is 1.18 bits per heavy atom. The van der Waals surface area contributed by atoms with Crippen LogP contribution >= 0.6 is 19.5 Å². The van der Waals surface area contributed by atoms with E-state index >= 15 is 0 Å². The molecule has 2 N–H and O–H groups in total. The molecule has 0 bridgehead atoms. The molecule has 0 amide bonds. The third-order valence-electron chi connectivity index (χ3n) is 7.01. The Bertz CT molecular complexity index is 1390. The van der Waals surface area contributed by atoms with Crippen molar-refractivity contribution in [1.29, 1.82) is 0 Å². The van der Waals surface area contributed by atoms with Crippen LogP contribution in [0.2, 0.25) is 0 Å². The van der Waals surface area contributed by atoms with Gasteiger partial charge in [-0.1, -0.05) is 0 Å². The quantitative estimate of drug-likeness (QED) is 0.117. The summed E-state index contributed by atoms with van der Waals surface area (Å²) in [4.78, 5) is 0. The van der Waals surface area contributed by atoms with E-state index in [1.807, 2.05) is 62.4 Å². The minimum atomic E-state index is -2.15. The topological polar surface area (TPSA) is 51.8 Å². The fraction of sp³-hybridized carbons (Fsp3) is 0.162. The number of benzene rings is 5. The maximum atomic E-state index is 5.73. The first kappa shape index (κ1) is 32.7. The second-order valence-corrected chi connectivity index (χ2v) is 14.2. The first-order valence-electron chi connectivity index (χ1n) is 14.8. The third kappa shape index (κ3) is 8.90. The molecule has 0 atom stereocenters. The molecule has 228 valence electrons. The van der Waals surface area contributed by atoms with Gasteiger partial charge in [0.25, 0.3) is 0 Å². The van der Waals surface area contributed by atoms with Gasteiger partial charge in [-0.05, 0) is 74.6 Å². The summed E-state index contributed by atoms with van der Waals surface area (Å²) in [7, 11) is -0.344. The Kier molecular flexibility index (Phi) is 12.8. The second kappa shape index (κ2) is 17.2. The summed E-state index contributed by atoms with van der Waals surface area (Å²) in [6.45, 7) is 5.24. The molecule has 0 radical (unpaired) electrons. The van der Waals surface area contributed by atoms with Crippen LogP contribution < -0.4 is 36.0 Å². The summed E-state index contributed by atoms with van der Waals surface area (Å²) < 4.78 is 16.5. The molecular weight excluding hydrogens is 583 g/mol. The van der Waals surface area contributed by atoms with Crippen molar-refractivity contribution in [3.63, 3.8) is 0 Å². The molecule has 0 heterocycles. The number of ether oxygens (including phenoxy) is 3. The third-order valence-corrected chi connectivity index (χ3v) is 11.9. The number of thiocarbonyl (C=S) groups is 1. The van der Waals surface area contributed by atoms with Crippen LogP contribution in [0.25, 0.3) is 0 Å². The number of methoxy groups -OCH3 is 1. The molecule has 0 aliphatic heterocycles. The molecule has 0 spiro atoms. The van der Waals surface area contributed by atoms with Gasteiger partial charge in [-0.15, -0.1) is 0 Å². The number of rotatable bonds is 11. The molecule has 0 saturated carbocycles. The minimum absolute atomic E-state index is 0.535. The number of hydrogen-bond acceptors (Lipinski definition) is 4. The Hall–Kier alpha value is -4.22. The van der Waals surface area contributed by atoms with Gasteiger partial charge in [-0.2, -0.15) is 0 Å². The SMILES string of the molecule is CCOc1ccc(NC(=S)Nc2ccc(OCC)cc2)cc1.COC[PH](c1ccccc1)(c1ccccc1)c1ccccc1. The zero-order valence-electron chi connectivity index (χ0n) is 25.5. The summed E-state index contributed by atoms with van der Waals surface area (Å²) in [5.41, 5.74) is 1.82. The van der Waals surface area contributed by atoms with Crippen LogP contribution in [0.3, 0.4) is 0 Å². The fourth-order valence-corrected chi connectivity index (χ4v) is 9.48. The van der Waals surface area contributed by atoms with Crippen molar-refractivity contribution in [2.75, 3.05) is 37.3 Å². The van der Waals surface area contributed by atoms with Gasteiger partial charge in [0.1, 0.15) is 11.5 Å². The molecule has 0 fully saturated rings. The molecule has 0 saturated heterocycles. The molecule has 5 aromatic rings. The van der Waals surface area contributed by atoms with Crippen molar-refractivity contribution in [2.24, 2.45) is 0 Å². The monoisotopic (exact) mass is 624 g/mol. The van der Waals surface area contributed by atoms with E-state index in [0.717, 1.165) is 29.2 Å². The van der Waals surface area contributed by atoms with Gasteiger partial charge in [0.15, 0.2) is 5.11 Å². The standard InChI is InChI=1S/C20H21OP.C17H20N2O2S/c1-21-17-22(18-11-5-2-6-12-18,19-13-7-3-8-14-19)20-15-9-4-10-16-20;1-3-20-15-9-5-13(6-10-15)18-17(22)19-14-7-11-16(12-8-14)21-4-2/h2-16,22H,17H2,1H3;5-12H,3-4H2,1-2H3,(H2,18,19,22). The van der Waals surface area contributed by atoms with E-state index in [9.17, 15) is 0 Å². The first-order valence-corrected chi connectivity index (χ1v) is 17.4. The number of anilines is 2. The molecule has 5 rings (SSSR count). The van der Waals surface area contributed by atoms with Gasteiger partial charge in [0, 0.05) is 11.4 Å². The van der Waals surface area contributed by atoms with Crippen LogP contribution in [0.15, 0.2) is 140 Å². The summed E-state index contributed by atoms with van der Waals surface area (Å²) in [6.07, 6.45) is 0.741. The van der Waals surface area contributed by atoms with Gasteiger partial charge in [0.05, 0.1) is 13.2 Å². The number of nitrogens with one attached hydrogen (secondary N) is 2. The molecule has 0 aliphatic rings. The Morgan fingerprint density at radius 2 is 0.886 bits per heavy atom. The van der Waals surface area contributed by atoms with Gasteiger partial charge in [0.2, 0.25) is 0 Å². The van der Waals surface area contributed by atoms with Gasteiger partial charge < -0.3 is 20.1 Å². The Morgan fingerprint density at radius 1 is 0.545 bits per heavy atom. The molecule has 44 heavy (non-hydrogen) atoms. The van der Waals surface area contributed by atoms with Crippen molar-refractivity contribution in [1.82, 2.24) is 0 Å². The predicted octanol–water partition coefficient (Wildman–Crippen LogP) is 7.61. The zero-order valence-corrected chi connectivity index (χ0v) is 27.3. The van der Waals surface area contributed by atoms with E-state index in [0.29, 0.717) is 18.3 Å². The van der Waals surface area contributed by atoms with Crippen molar-refractivity contribution in [3.8, 4) is 11.5 Å². The first-order chi connectivity index (χ1) is 21.6. The van der Waals surface area contributed by atoms with Crippen molar-refractivity contribution in [3.05, 3.63) is 140 Å². The normalized spacial score (nSPS) is 11.0. The van der Waals surface area contributed by atoms with E-state index in [-0.39, 0.29) is 0 Å². The van der Waals surface area contributed by atoms with Crippen LogP contribution in [0, 0.1) is 0 Å². The van der Waals surface area contributed by atoms with Crippen LogP contribution in [0.5, 0.6) is 11.5 Å². The fourth-order valence-electron chi connectivity index (χ4n) is 5.03. The van der Waals surface area contributed by atoms with Crippen molar-refractivity contribution < 1.29 is 14.2 Å². The summed E-state index contributed by atoms with van der Waals surface area (Å²) in [5.74, 6) is 1.69. The molecule has 5 nitrogen and oxygen atoms in total. The van der Waals surface area contributed by atoms with E-state index in [1.165, 1.54) is 15.9 Å². The van der Waals surface area contributed by atoms with Crippen LogP contribution in [-0.4, -0.2) is 31.8 Å². The number of hydrogen-bond donors (Lipinski definition) is 2. The van der Waals surface area contributed by atoms with E-state index < -0.39 is 7.26 Å². The maximum absolute atomic E-state index is 5.73. The predicted molar refractivity (Wildman–Crippen MR) is 193 cm³/mol. The van der Waals surface area contributed by atoms with E-state index in [2.05, 4.69) is 102 Å². The Balaban J connectivity index is 0.000000201. The van der Waals surface area contributed by atoms with Crippen molar-refractivity contribution >= 4 is 51.9 Å². The molecule has 5 aromatic carbocycles. The molecule has 0 aromatic heterocycles.